The first-order chi connectivity index (χ1) is 8.31. The van der Waals surface area contributed by atoms with Gasteiger partial charge >= 0.3 is 11.9 Å². The molecule has 0 aromatic heterocycles. The Morgan fingerprint density at radius 1 is 1.44 bits per heavy atom. The largest absolute Gasteiger partial charge is 0.457 e. The van der Waals surface area contributed by atoms with Gasteiger partial charge in [0.25, 0.3) is 0 Å². The predicted octanol–water partition coefficient (Wildman–Crippen LogP) is 2.82. The molecule has 1 aromatic carbocycles. The second-order valence-electron chi connectivity index (χ2n) is 4.43. The van der Waals surface area contributed by atoms with E-state index in [4.69, 9.17) is 4.74 Å². The van der Waals surface area contributed by atoms with Crippen molar-refractivity contribution < 1.29 is 23.1 Å². The number of esters is 1. The van der Waals surface area contributed by atoms with Gasteiger partial charge in [-0.2, -0.15) is 8.78 Å². The summed E-state index contributed by atoms with van der Waals surface area (Å²) in [6.45, 7) is 2.94. The average molecular weight is 254 g/mol. The van der Waals surface area contributed by atoms with E-state index in [1.165, 1.54) is 6.07 Å². The molecule has 0 amide bonds. The monoisotopic (exact) mass is 254 g/mol. The lowest BCUT2D eigenvalue weighted by molar-refractivity contribution is -0.150. The number of carbonyl (C=O) groups excluding carboxylic acids is 2. The molecule has 1 aliphatic carbocycles. The molecule has 1 unspecified atom stereocenters. The fraction of sp³-hybridized carbons (Fsp3) is 0.385. The van der Waals surface area contributed by atoms with E-state index in [1.54, 1.807) is 19.1 Å². The second kappa shape index (κ2) is 4.15. The van der Waals surface area contributed by atoms with Crippen LogP contribution in [0.2, 0.25) is 0 Å². The van der Waals surface area contributed by atoms with Gasteiger partial charge in [0.15, 0.2) is 0 Å². The molecule has 0 bridgehead atoms. The van der Waals surface area contributed by atoms with Crippen molar-refractivity contribution in [2.45, 2.75) is 32.3 Å². The fourth-order valence-corrected chi connectivity index (χ4v) is 2.09. The van der Waals surface area contributed by atoms with Gasteiger partial charge in [-0.1, -0.05) is 23.8 Å². The van der Waals surface area contributed by atoms with Gasteiger partial charge in [0.05, 0.1) is 6.42 Å². The van der Waals surface area contributed by atoms with Crippen LogP contribution in [-0.2, 0) is 9.53 Å². The summed E-state index contributed by atoms with van der Waals surface area (Å²) in [5, 5.41) is 0. The number of ketones is 1. The van der Waals surface area contributed by atoms with Gasteiger partial charge in [-0.05, 0) is 6.92 Å². The van der Waals surface area contributed by atoms with Crippen molar-refractivity contribution >= 4 is 11.8 Å². The van der Waals surface area contributed by atoms with Gasteiger partial charge in [-0.15, -0.1) is 0 Å². The first-order valence-corrected chi connectivity index (χ1v) is 5.51. The zero-order valence-corrected chi connectivity index (χ0v) is 10.00. The summed E-state index contributed by atoms with van der Waals surface area (Å²) in [6.07, 6.45) is -1.85. The van der Waals surface area contributed by atoms with Crippen LogP contribution in [0.4, 0.5) is 8.78 Å². The molecule has 0 aliphatic heterocycles. The quantitative estimate of drug-likeness (QED) is 0.724. The molecule has 96 valence electrons. The Morgan fingerprint density at radius 2 is 2.11 bits per heavy atom. The Labute approximate surface area is 103 Å². The van der Waals surface area contributed by atoms with Crippen LogP contribution in [0, 0.1) is 6.92 Å². The molecule has 1 aromatic rings. The Morgan fingerprint density at radius 3 is 2.72 bits per heavy atom. The van der Waals surface area contributed by atoms with Crippen LogP contribution in [0.3, 0.4) is 0 Å². The van der Waals surface area contributed by atoms with Crippen molar-refractivity contribution in [2.75, 3.05) is 0 Å². The number of hydrogen-bond donors (Lipinski definition) is 0. The van der Waals surface area contributed by atoms with E-state index in [2.05, 4.69) is 0 Å². The summed E-state index contributed by atoms with van der Waals surface area (Å²) < 4.78 is 32.0. The summed E-state index contributed by atoms with van der Waals surface area (Å²) >= 11 is 0. The molecular weight excluding hydrogens is 242 g/mol. The first kappa shape index (κ1) is 12.7. The van der Waals surface area contributed by atoms with Crippen molar-refractivity contribution in [3.8, 4) is 0 Å². The maximum Gasteiger partial charge on any atom is 0.313 e. The normalized spacial score (nSPS) is 21.3. The second-order valence-corrected chi connectivity index (χ2v) is 4.43. The van der Waals surface area contributed by atoms with E-state index < -0.39 is 30.2 Å². The lowest BCUT2D eigenvalue weighted by Crippen LogP contribution is -2.37. The van der Waals surface area contributed by atoms with E-state index in [0.717, 1.165) is 12.5 Å². The number of hydrogen-bond acceptors (Lipinski definition) is 3. The number of alkyl halides is 2. The molecule has 0 saturated heterocycles. The molecule has 0 fully saturated rings. The van der Waals surface area contributed by atoms with Gasteiger partial charge in [-0.25, -0.2) is 0 Å². The first-order valence-electron chi connectivity index (χ1n) is 5.51. The lowest BCUT2D eigenvalue weighted by atomic mass is 9.85. The van der Waals surface area contributed by atoms with Gasteiger partial charge in [0.1, 0.15) is 6.10 Å². The highest BCUT2D eigenvalue weighted by molar-refractivity contribution is 6.03. The lowest BCUT2D eigenvalue weighted by Gasteiger charge is -2.29. The van der Waals surface area contributed by atoms with E-state index in [0.29, 0.717) is 5.56 Å². The Hall–Kier alpha value is -1.78. The highest BCUT2D eigenvalue weighted by atomic mass is 19.3. The predicted molar refractivity (Wildman–Crippen MR) is 59.6 cm³/mol. The number of halogens is 2. The van der Waals surface area contributed by atoms with E-state index >= 15 is 0 Å². The summed E-state index contributed by atoms with van der Waals surface area (Å²) in [5.41, 5.74) is 1.12. The summed E-state index contributed by atoms with van der Waals surface area (Å²) in [5.74, 6) is -5.33. The third-order valence-electron chi connectivity index (χ3n) is 2.88. The van der Waals surface area contributed by atoms with Crippen molar-refractivity contribution in [2.24, 2.45) is 0 Å². The molecule has 18 heavy (non-hydrogen) atoms. The molecular formula is C13H12F2O3. The summed E-state index contributed by atoms with van der Waals surface area (Å²) in [4.78, 5) is 22.5. The zero-order valence-electron chi connectivity index (χ0n) is 10.00. The molecule has 1 atom stereocenters. The molecule has 0 radical (unpaired) electrons. The average Bonchev–Trinajstić information content (AvgIpc) is 2.24. The molecule has 0 heterocycles. The van der Waals surface area contributed by atoms with Crippen molar-refractivity contribution in [1.29, 1.82) is 0 Å². The number of ether oxygens (including phenoxy) is 1. The highest BCUT2D eigenvalue weighted by Gasteiger charge is 2.48. The SMILES string of the molecule is CC(=O)OC1CC(F)(F)C(=O)c2ccc(C)cc21. The number of benzene rings is 1. The van der Waals surface area contributed by atoms with Crippen LogP contribution in [0.5, 0.6) is 0 Å². The van der Waals surface area contributed by atoms with Crippen LogP contribution in [0.1, 0.15) is 40.9 Å². The van der Waals surface area contributed by atoms with Crippen molar-refractivity contribution in [3.63, 3.8) is 0 Å². The number of fused-ring (bicyclic) bond motifs is 1. The maximum absolute atomic E-state index is 13.5. The maximum atomic E-state index is 13.5. The molecule has 0 spiro atoms. The zero-order chi connectivity index (χ0) is 13.5. The minimum atomic E-state index is -3.48. The van der Waals surface area contributed by atoms with Gasteiger partial charge < -0.3 is 4.74 Å². The number of rotatable bonds is 1. The Kier molecular flexibility index (Phi) is 2.92. The smallest absolute Gasteiger partial charge is 0.313 e. The Bertz CT molecular complexity index is 523. The molecule has 5 heteroatoms. The highest BCUT2D eigenvalue weighted by Crippen LogP contribution is 2.41. The van der Waals surface area contributed by atoms with Crippen molar-refractivity contribution in [3.05, 3.63) is 34.9 Å². The third kappa shape index (κ3) is 2.12. The molecule has 0 N–H and O–H groups in total. The van der Waals surface area contributed by atoms with E-state index in [9.17, 15) is 18.4 Å². The van der Waals surface area contributed by atoms with Gasteiger partial charge in [0.2, 0.25) is 5.78 Å². The molecule has 1 aliphatic rings. The van der Waals surface area contributed by atoms with Gasteiger partial charge in [0, 0.05) is 18.1 Å². The Balaban J connectivity index is 2.52. The van der Waals surface area contributed by atoms with Crippen LogP contribution in [0.15, 0.2) is 18.2 Å². The van der Waals surface area contributed by atoms with Crippen molar-refractivity contribution in [1.82, 2.24) is 0 Å². The van der Waals surface area contributed by atoms with Crippen LogP contribution in [-0.4, -0.2) is 17.7 Å². The fourth-order valence-electron chi connectivity index (χ4n) is 2.09. The number of Topliss-reactive ketones (excluding diaryl/α,β-unsaturated/α-hetero) is 1. The van der Waals surface area contributed by atoms with Crippen LogP contribution >= 0.6 is 0 Å². The van der Waals surface area contributed by atoms with Crippen LogP contribution < -0.4 is 0 Å². The number of aryl methyl sites for hydroxylation is 1. The number of carbonyl (C=O) groups is 2. The summed E-state index contributed by atoms with van der Waals surface area (Å²) in [6, 6.07) is 4.55. The molecule has 3 nitrogen and oxygen atoms in total. The van der Waals surface area contributed by atoms with Gasteiger partial charge in [-0.3, -0.25) is 9.59 Å². The van der Waals surface area contributed by atoms with E-state index in [1.807, 2.05) is 0 Å². The van der Waals surface area contributed by atoms with E-state index in [-0.39, 0.29) is 5.56 Å². The minimum absolute atomic E-state index is 0.0666. The summed E-state index contributed by atoms with van der Waals surface area (Å²) in [7, 11) is 0. The standard InChI is InChI=1S/C13H12F2O3/c1-7-3-4-9-10(5-7)11(18-8(2)16)6-13(14,15)12(9)17/h3-5,11H,6H2,1-2H3. The molecule has 0 saturated carbocycles. The minimum Gasteiger partial charge on any atom is -0.457 e. The third-order valence-corrected chi connectivity index (χ3v) is 2.88. The topological polar surface area (TPSA) is 43.4 Å². The van der Waals surface area contributed by atoms with Crippen LogP contribution in [0.25, 0.3) is 0 Å². The molecule has 2 rings (SSSR count).